The van der Waals surface area contributed by atoms with Gasteiger partial charge in [-0.1, -0.05) is 30.4 Å². The summed E-state index contributed by atoms with van der Waals surface area (Å²) in [6.07, 6.45) is 8.32. The number of hydrogen-bond donors (Lipinski definition) is 1. The first-order chi connectivity index (χ1) is 8.18. The lowest BCUT2D eigenvalue weighted by molar-refractivity contribution is 0.102. The van der Waals surface area contributed by atoms with E-state index in [1.165, 1.54) is 16.7 Å². The van der Waals surface area contributed by atoms with E-state index in [2.05, 4.69) is 44.2 Å². The van der Waals surface area contributed by atoms with Crippen LogP contribution in [0.2, 0.25) is 0 Å². The SMILES string of the molecule is Cc1cccc(C)c1CC(O)C1CC=CCC1. The molecule has 17 heavy (non-hydrogen) atoms. The van der Waals surface area contributed by atoms with Crippen LogP contribution in [0.1, 0.15) is 36.0 Å². The molecule has 0 saturated heterocycles. The molecule has 2 rings (SSSR count). The van der Waals surface area contributed by atoms with Crippen molar-refractivity contribution in [3.8, 4) is 0 Å². The second-order valence-corrected chi connectivity index (χ2v) is 5.19. The summed E-state index contributed by atoms with van der Waals surface area (Å²) >= 11 is 0. The summed E-state index contributed by atoms with van der Waals surface area (Å²) in [5, 5.41) is 10.3. The molecule has 2 atom stereocenters. The minimum absolute atomic E-state index is 0.195. The molecule has 1 nitrogen and oxygen atoms in total. The second-order valence-electron chi connectivity index (χ2n) is 5.19. The van der Waals surface area contributed by atoms with Crippen molar-refractivity contribution in [1.29, 1.82) is 0 Å². The Hall–Kier alpha value is -1.08. The third-order valence-electron chi connectivity index (χ3n) is 3.91. The van der Waals surface area contributed by atoms with Gasteiger partial charge in [-0.25, -0.2) is 0 Å². The van der Waals surface area contributed by atoms with Crippen LogP contribution in [0.4, 0.5) is 0 Å². The molecule has 1 heteroatoms. The van der Waals surface area contributed by atoms with E-state index in [0.717, 1.165) is 25.7 Å². The van der Waals surface area contributed by atoms with Gasteiger partial charge in [0.05, 0.1) is 6.10 Å². The molecule has 0 amide bonds. The molecule has 2 unspecified atom stereocenters. The number of aliphatic hydroxyl groups is 1. The van der Waals surface area contributed by atoms with Gasteiger partial charge < -0.3 is 5.11 Å². The Balaban J connectivity index is 2.07. The van der Waals surface area contributed by atoms with Crippen LogP contribution in [-0.4, -0.2) is 11.2 Å². The zero-order valence-electron chi connectivity index (χ0n) is 10.8. The zero-order chi connectivity index (χ0) is 12.3. The molecular weight excluding hydrogens is 208 g/mol. The van der Waals surface area contributed by atoms with Crippen molar-refractivity contribution in [3.05, 3.63) is 47.0 Å². The molecule has 92 valence electrons. The fraction of sp³-hybridized carbons (Fsp3) is 0.500. The van der Waals surface area contributed by atoms with Crippen molar-refractivity contribution in [2.24, 2.45) is 5.92 Å². The van der Waals surface area contributed by atoms with E-state index in [4.69, 9.17) is 0 Å². The van der Waals surface area contributed by atoms with Gasteiger partial charge in [0.25, 0.3) is 0 Å². The predicted molar refractivity (Wildman–Crippen MR) is 72.1 cm³/mol. The molecular formula is C16H22O. The highest BCUT2D eigenvalue weighted by Gasteiger charge is 2.20. The summed E-state index contributed by atoms with van der Waals surface area (Å²) in [6, 6.07) is 6.36. The van der Waals surface area contributed by atoms with E-state index in [9.17, 15) is 5.11 Å². The Morgan fingerprint density at radius 1 is 1.24 bits per heavy atom. The van der Waals surface area contributed by atoms with E-state index in [0.29, 0.717) is 5.92 Å². The minimum atomic E-state index is -0.195. The van der Waals surface area contributed by atoms with Gasteiger partial charge in [-0.15, -0.1) is 0 Å². The van der Waals surface area contributed by atoms with E-state index >= 15 is 0 Å². The lowest BCUT2D eigenvalue weighted by Crippen LogP contribution is -2.24. The van der Waals surface area contributed by atoms with E-state index in [-0.39, 0.29) is 6.10 Å². The van der Waals surface area contributed by atoms with Gasteiger partial charge in [0.2, 0.25) is 0 Å². The standard InChI is InChI=1S/C16H22O/c1-12-7-6-8-13(2)15(12)11-16(17)14-9-4-3-5-10-14/h3-4,6-8,14,16-17H,5,9-11H2,1-2H3. The molecule has 0 heterocycles. The number of aryl methyl sites for hydroxylation is 2. The quantitative estimate of drug-likeness (QED) is 0.787. The van der Waals surface area contributed by atoms with Crippen LogP contribution >= 0.6 is 0 Å². The summed E-state index contributed by atoms with van der Waals surface area (Å²) in [5.41, 5.74) is 3.93. The van der Waals surface area contributed by atoms with Gasteiger partial charge in [-0.3, -0.25) is 0 Å². The average Bonchev–Trinajstić information content (AvgIpc) is 2.35. The van der Waals surface area contributed by atoms with Crippen molar-refractivity contribution in [1.82, 2.24) is 0 Å². The third kappa shape index (κ3) is 2.98. The van der Waals surface area contributed by atoms with Crippen LogP contribution in [0.3, 0.4) is 0 Å². The molecule has 0 saturated carbocycles. The third-order valence-corrected chi connectivity index (χ3v) is 3.91. The Morgan fingerprint density at radius 2 is 1.94 bits per heavy atom. The summed E-state index contributed by atoms with van der Waals surface area (Å²) in [5.74, 6) is 0.444. The number of benzene rings is 1. The van der Waals surface area contributed by atoms with Crippen LogP contribution in [0.5, 0.6) is 0 Å². The van der Waals surface area contributed by atoms with Gasteiger partial charge in [-0.2, -0.15) is 0 Å². The van der Waals surface area contributed by atoms with Crippen molar-refractivity contribution >= 4 is 0 Å². The molecule has 1 aliphatic carbocycles. The van der Waals surface area contributed by atoms with Crippen LogP contribution in [-0.2, 0) is 6.42 Å². The molecule has 1 N–H and O–H groups in total. The van der Waals surface area contributed by atoms with Crippen LogP contribution in [0, 0.1) is 19.8 Å². The highest BCUT2D eigenvalue weighted by atomic mass is 16.3. The van der Waals surface area contributed by atoms with Crippen molar-refractivity contribution in [3.63, 3.8) is 0 Å². The molecule has 1 aromatic rings. The molecule has 0 fully saturated rings. The molecule has 1 aliphatic rings. The predicted octanol–water partition coefficient (Wildman–Crippen LogP) is 3.56. The fourth-order valence-electron chi connectivity index (χ4n) is 2.71. The maximum absolute atomic E-state index is 10.3. The molecule has 0 spiro atoms. The topological polar surface area (TPSA) is 20.2 Å². The van der Waals surface area contributed by atoms with E-state index in [1.807, 2.05) is 0 Å². The normalized spacial score (nSPS) is 21.5. The Bertz CT molecular complexity index is 386. The zero-order valence-corrected chi connectivity index (χ0v) is 10.8. The Morgan fingerprint density at radius 3 is 2.53 bits per heavy atom. The first-order valence-electron chi connectivity index (χ1n) is 6.56. The molecule has 0 bridgehead atoms. The lowest BCUT2D eigenvalue weighted by Gasteiger charge is -2.25. The summed E-state index contributed by atoms with van der Waals surface area (Å²) in [7, 11) is 0. The molecule has 1 aromatic carbocycles. The van der Waals surface area contributed by atoms with E-state index in [1.54, 1.807) is 0 Å². The maximum atomic E-state index is 10.3. The molecule has 0 radical (unpaired) electrons. The Labute approximate surface area is 104 Å². The molecule has 0 aliphatic heterocycles. The summed E-state index contributed by atoms with van der Waals surface area (Å²) in [6.45, 7) is 4.27. The van der Waals surface area contributed by atoms with Crippen LogP contribution in [0.25, 0.3) is 0 Å². The largest absolute Gasteiger partial charge is 0.392 e. The summed E-state index contributed by atoms with van der Waals surface area (Å²) < 4.78 is 0. The van der Waals surface area contributed by atoms with Crippen LogP contribution < -0.4 is 0 Å². The minimum Gasteiger partial charge on any atom is -0.392 e. The van der Waals surface area contributed by atoms with Gasteiger partial charge in [0, 0.05) is 0 Å². The van der Waals surface area contributed by atoms with E-state index < -0.39 is 0 Å². The van der Waals surface area contributed by atoms with Crippen LogP contribution in [0.15, 0.2) is 30.4 Å². The van der Waals surface area contributed by atoms with Gasteiger partial charge in [0.15, 0.2) is 0 Å². The average molecular weight is 230 g/mol. The first kappa shape index (κ1) is 12.4. The van der Waals surface area contributed by atoms with Crippen molar-refractivity contribution in [2.45, 2.75) is 45.6 Å². The van der Waals surface area contributed by atoms with Crippen molar-refractivity contribution < 1.29 is 5.11 Å². The fourth-order valence-corrected chi connectivity index (χ4v) is 2.71. The number of hydrogen-bond acceptors (Lipinski definition) is 1. The number of aliphatic hydroxyl groups excluding tert-OH is 1. The summed E-state index contributed by atoms with van der Waals surface area (Å²) in [4.78, 5) is 0. The number of rotatable bonds is 3. The lowest BCUT2D eigenvalue weighted by atomic mass is 9.85. The van der Waals surface area contributed by atoms with Crippen molar-refractivity contribution in [2.75, 3.05) is 0 Å². The highest BCUT2D eigenvalue weighted by molar-refractivity contribution is 5.34. The smallest absolute Gasteiger partial charge is 0.0611 e. The Kier molecular flexibility index (Phi) is 4.01. The highest BCUT2D eigenvalue weighted by Crippen LogP contribution is 2.25. The van der Waals surface area contributed by atoms with Gasteiger partial charge in [-0.05, 0) is 62.1 Å². The maximum Gasteiger partial charge on any atom is 0.0611 e. The van der Waals surface area contributed by atoms with Gasteiger partial charge >= 0.3 is 0 Å². The monoisotopic (exact) mass is 230 g/mol. The molecule has 0 aromatic heterocycles. The second kappa shape index (κ2) is 5.50. The first-order valence-corrected chi connectivity index (χ1v) is 6.56. The number of allylic oxidation sites excluding steroid dienone is 2. The van der Waals surface area contributed by atoms with Gasteiger partial charge in [0.1, 0.15) is 0 Å².